The lowest BCUT2D eigenvalue weighted by atomic mass is 10.1. The van der Waals surface area contributed by atoms with Crippen molar-refractivity contribution in [3.05, 3.63) is 16.0 Å². The zero-order valence-corrected chi connectivity index (χ0v) is 17.2. The molecule has 0 saturated heterocycles. The van der Waals surface area contributed by atoms with Gasteiger partial charge in [-0.15, -0.1) is 11.3 Å². The number of thiophene rings is 1. The fourth-order valence-electron chi connectivity index (χ4n) is 2.13. The Balaban J connectivity index is 2.18. The zero-order valence-electron chi connectivity index (χ0n) is 14.7. The predicted molar refractivity (Wildman–Crippen MR) is 107 cm³/mol. The molecule has 0 fully saturated rings. The number of aliphatic imine (C=N–C) groups is 1. The highest BCUT2D eigenvalue weighted by molar-refractivity contribution is 8.39. The minimum atomic E-state index is -0.574. The molecule has 142 valence electrons. The molecule has 2 rings (SSSR count). The number of carbonyl (C=O) groups excluding carboxylic acids is 3. The van der Waals surface area contributed by atoms with Gasteiger partial charge >= 0.3 is 11.9 Å². The van der Waals surface area contributed by atoms with Crippen molar-refractivity contribution in [2.24, 2.45) is 4.99 Å². The number of hydrogen-bond donors (Lipinski definition) is 1. The SMILES string of the molecule is CCOC(=O)c1sc(NC(=O)CSC2=NCCS2)c(C(=O)OCC)c1C. The summed E-state index contributed by atoms with van der Waals surface area (Å²) in [5.41, 5.74) is 0.649. The number of ether oxygens (including phenoxy) is 2. The molecule has 0 bridgehead atoms. The van der Waals surface area contributed by atoms with Gasteiger partial charge in [-0.3, -0.25) is 9.79 Å². The average Bonchev–Trinajstić information content (AvgIpc) is 3.21. The molecule has 2 heterocycles. The van der Waals surface area contributed by atoms with E-state index in [0.29, 0.717) is 10.6 Å². The Kier molecular flexibility index (Phi) is 7.98. The summed E-state index contributed by atoms with van der Waals surface area (Å²) >= 11 is 4.00. The van der Waals surface area contributed by atoms with Gasteiger partial charge in [-0.1, -0.05) is 23.5 Å². The molecule has 26 heavy (non-hydrogen) atoms. The van der Waals surface area contributed by atoms with E-state index in [9.17, 15) is 14.4 Å². The Bertz CT molecular complexity index is 730. The van der Waals surface area contributed by atoms with Gasteiger partial charge in [0.25, 0.3) is 0 Å². The Morgan fingerprint density at radius 3 is 2.50 bits per heavy atom. The first-order chi connectivity index (χ1) is 12.5. The molecular formula is C16H20N2O5S3. The zero-order chi connectivity index (χ0) is 19.1. The van der Waals surface area contributed by atoms with Crippen LogP contribution in [0.15, 0.2) is 4.99 Å². The van der Waals surface area contributed by atoms with Crippen LogP contribution in [-0.2, 0) is 14.3 Å². The summed E-state index contributed by atoms with van der Waals surface area (Å²) in [6, 6.07) is 0. The smallest absolute Gasteiger partial charge is 0.348 e. The third kappa shape index (κ3) is 5.24. The normalized spacial score (nSPS) is 13.3. The molecule has 1 aliphatic rings. The van der Waals surface area contributed by atoms with Crippen LogP contribution >= 0.6 is 34.9 Å². The molecule has 1 amide bonds. The van der Waals surface area contributed by atoms with Gasteiger partial charge in [0.05, 0.1) is 31.1 Å². The first kappa shape index (κ1) is 20.8. The lowest BCUT2D eigenvalue weighted by Gasteiger charge is -2.07. The maximum absolute atomic E-state index is 12.3. The number of rotatable bonds is 7. The van der Waals surface area contributed by atoms with E-state index in [1.807, 2.05) is 0 Å². The van der Waals surface area contributed by atoms with Gasteiger partial charge in [0, 0.05) is 5.75 Å². The highest BCUT2D eigenvalue weighted by Crippen LogP contribution is 2.34. The van der Waals surface area contributed by atoms with E-state index in [4.69, 9.17) is 9.47 Å². The van der Waals surface area contributed by atoms with Crippen molar-refractivity contribution in [3.63, 3.8) is 0 Å². The van der Waals surface area contributed by atoms with E-state index < -0.39 is 11.9 Å². The molecule has 1 aromatic heterocycles. The first-order valence-corrected chi connectivity index (χ1v) is 10.8. The van der Waals surface area contributed by atoms with Gasteiger partial charge in [0.2, 0.25) is 5.91 Å². The number of nitrogens with zero attached hydrogens (tertiary/aromatic N) is 1. The molecular weight excluding hydrogens is 396 g/mol. The van der Waals surface area contributed by atoms with Crippen LogP contribution in [0.1, 0.15) is 39.4 Å². The van der Waals surface area contributed by atoms with Gasteiger partial charge in [-0.2, -0.15) is 0 Å². The summed E-state index contributed by atoms with van der Waals surface area (Å²) in [5.74, 6) is -0.251. The fourth-order valence-corrected chi connectivity index (χ4v) is 5.05. The molecule has 10 heteroatoms. The van der Waals surface area contributed by atoms with E-state index in [2.05, 4.69) is 10.3 Å². The number of carbonyl (C=O) groups is 3. The first-order valence-electron chi connectivity index (χ1n) is 8.05. The molecule has 0 saturated carbocycles. The van der Waals surface area contributed by atoms with Crippen molar-refractivity contribution in [2.45, 2.75) is 20.8 Å². The minimum absolute atomic E-state index is 0.180. The van der Waals surface area contributed by atoms with Crippen LogP contribution in [0.5, 0.6) is 0 Å². The van der Waals surface area contributed by atoms with Crippen LogP contribution in [0.2, 0.25) is 0 Å². The van der Waals surface area contributed by atoms with E-state index in [1.54, 1.807) is 32.5 Å². The van der Waals surface area contributed by atoms with Crippen molar-refractivity contribution in [1.82, 2.24) is 0 Å². The number of thioether (sulfide) groups is 2. The monoisotopic (exact) mass is 416 g/mol. The van der Waals surface area contributed by atoms with E-state index in [0.717, 1.165) is 28.0 Å². The van der Waals surface area contributed by atoms with Gasteiger partial charge in [-0.05, 0) is 26.3 Å². The molecule has 1 aliphatic heterocycles. The number of nitrogens with one attached hydrogen (secondary N) is 1. The van der Waals surface area contributed by atoms with Crippen molar-refractivity contribution < 1.29 is 23.9 Å². The van der Waals surface area contributed by atoms with Crippen LogP contribution in [0.3, 0.4) is 0 Å². The highest BCUT2D eigenvalue weighted by Gasteiger charge is 2.27. The van der Waals surface area contributed by atoms with E-state index in [1.165, 1.54) is 11.8 Å². The molecule has 1 N–H and O–H groups in total. The van der Waals surface area contributed by atoms with Gasteiger partial charge in [0.15, 0.2) is 0 Å². The number of hydrogen-bond acceptors (Lipinski definition) is 9. The number of amides is 1. The van der Waals surface area contributed by atoms with Crippen LogP contribution in [0, 0.1) is 6.92 Å². The second-order valence-corrected chi connectivity index (χ2v) is 8.36. The summed E-state index contributed by atoms with van der Waals surface area (Å²) in [7, 11) is 0. The molecule has 1 aromatic rings. The summed E-state index contributed by atoms with van der Waals surface area (Å²) < 4.78 is 11.0. The van der Waals surface area contributed by atoms with Crippen LogP contribution in [0.4, 0.5) is 5.00 Å². The standard InChI is InChI=1S/C16H20N2O5S3/c1-4-22-14(20)11-9(3)12(15(21)23-5-2)26-13(11)18-10(19)8-25-16-17-6-7-24-16/h4-8H2,1-3H3,(H,18,19). The van der Waals surface area contributed by atoms with Crippen LogP contribution in [0.25, 0.3) is 0 Å². The molecule has 0 unspecified atom stereocenters. The minimum Gasteiger partial charge on any atom is -0.462 e. The lowest BCUT2D eigenvalue weighted by molar-refractivity contribution is -0.113. The molecule has 0 aromatic carbocycles. The van der Waals surface area contributed by atoms with Crippen molar-refractivity contribution in [2.75, 3.05) is 36.6 Å². The third-order valence-electron chi connectivity index (χ3n) is 3.22. The van der Waals surface area contributed by atoms with Crippen molar-refractivity contribution >= 4 is 62.1 Å². The topological polar surface area (TPSA) is 94.1 Å². The number of esters is 2. The third-order valence-corrected chi connectivity index (χ3v) is 6.66. The fraction of sp³-hybridized carbons (Fsp3) is 0.500. The summed E-state index contributed by atoms with van der Waals surface area (Å²) in [5, 5.41) is 3.02. The molecule has 0 radical (unpaired) electrons. The van der Waals surface area contributed by atoms with Crippen molar-refractivity contribution in [1.29, 1.82) is 0 Å². The maximum Gasteiger partial charge on any atom is 0.348 e. The average molecular weight is 417 g/mol. The molecule has 7 nitrogen and oxygen atoms in total. The second-order valence-electron chi connectivity index (χ2n) is 5.03. The Labute approximate surface area is 164 Å². The van der Waals surface area contributed by atoms with Gasteiger partial charge in [-0.25, -0.2) is 9.59 Å². The largest absolute Gasteiger partial charge is 0.462 e. The Morgan fingerprint density at radius 2 is 1.88 bits per heavy atom. The quantitative estimate of drug-likeness (QED) is 0.682. The maximum atomic E-state index is 12.3. The summed E-state index contributed by atoms with van der Waals surface area (Å²) in [6.07, 6.45) is 0. The summed E-state index contributed by atoms with van der Waals surface area (Å²) in [6.45, 7) is 6.24. The van der Waals surface area contributed by atoms with Crippen LogP contribution < -0.4 is 5.32 Å². The van der Waals surface area contributed by atoms with E-state index in [-0.39, 0.29) is 35.3 Å². The molecule has 0 aliphatic carbocycles. The van der Waals surface area contributed by atoms with Gasteiger partial charge in [0.1, 0.15) is 14.3 Å². The molecule has 0 atom stereocenters. The molecule has 0 spiro atoms. The van der Waals surface area contributed by atoms with E-state index >= 15 is 0 Å². The Morgan fingerprint density at radius 1 is 1.19 bits per heavy atom. The summed E-state index contributed by atoms with van der Waals surface area (Å²) in [4.78, 5) is 41.2. The van der Waals surface area contributed by atoms with Crippen LogP contribution in [-0.4, -0.2) is 53.5 Å². The highest BCUT2D eigenvalue weighted by atomic mass is 32.2. The van der Waals surface area contributed by atoms with Crippen molar-refractivity contribution in [3.8, 4) is 0 Å². The predicted octanol–water partition coefficient (Wildman–Crippen LogP) is 3.18. The van der Waals surface area contributed by atoms with Gasteiger partial charge < -0.3 is 14.8 Å². The number of anilines is 1. The second kappa shape index (κ2) is 9.98. The Hall–Kier alpha value is -1.52. The lowest BCUT2D eigenvalue weighted by Crippen LogP contribution is -2.17.